The van der Waals surface area contributed by atoms with Crippen LogP contribution in [0, 0.1) is 0 Å². The van der Waals surface area contributed by atoms with Gasteiger partial charge in [0, 0.05) is 38.7 Å². The molecule has 2 heteroatoms. The van der Waals surface area contributed by atoms with Gasteiger partial charge in [0.1, 0.15) is 11.2 Å². The maximum Gasteiger partial charge on any atom is 0.143 e. The normalized spacial score (nSPS) is 12.9. The van der Waals surface area contributed by atoms with E-state index in [2.05, 4.69) is 201 Å². The summed E-state index contributed by atoms with van der Waals surface area (Å²) < 4.78 is 6.65. The lowest BCUT2D eigenvalue weighted by atomic mass is 9.82. The SMILES string of the molecule is CC1(C)c2ccccc2-c2ccc(N(c3cccc(-c4ccccc4)c3)c3cccc(-c4cccc5c4oc4ccccc45)c3-c3ccccc3)cc21. The third-order valence-corrected chi connectivity index (χ3v) is 11.1. The van der Waals surface area contributed by atoms with Crippen molar-refractivity contribution in [3.8, 4) is 44.5 Å². The van der Waals surface area contributed by atoms with Gasteiger partial charge in [0.2, 0.25) is 0 Å². The highest BCUT2D eigenvalue weighted by molar-refractivity contribution is 6.11. The summed E-state index contributed by atoms with van der Waals surface area (Å²) in [5, 5.41) is 2.25. The lowest BCUT2D eigenvalue weighted by Crippen LogP contribution is -2.17. The minimum Gasteiger partial charge on any atom is -0.455 e. The van der Waals surface area contributed by atoms with Gasteiger partial charge in [0.05, 0.1) is 5.69 Å². The first-order valence-electron chi connectivity index (χ1n) is 18.4. The molecule has 0 aliphatic heterocycles. The molecule has 0 fully saturated rings. The van der Waals surface area contributed by atoms with Gasteiger partial charge in [-0.15, -0.1) is 0 Å². The zero-order valence-corrected chi connectivity index (χ0v) is 29.8. The highest BCUT2D eigenvalue weighted by atomic mass is 16.3. The van der Waals surface area contributed by atoms with Gasteiger partial charge in [0.15, 0.2) is 0 Å². The summed E-state index contributed by atoms with van der Waals surface area (Å²) in [4.78, 5) is 2.45. The smallest absolute Gasteiger partial charge is 0.143 e. The third-order valence-electron chi connectivity index (χ3n) is 11.1. The second-order valence-corrected chi connectivity index (χ2v) is 14.5. The van der Waals surface area contributed by atoms with Crippen molar-refractivity contribution in [3.05, 3.63) is 199 Å². The summed E-state index contributed by atoms with van der Waals surface area (Å²) in [5.74, 6) is 0. The molecule has 10 rings (SSSR count). The second-order valence-electron chi connectivity index (χ2n) is 14.5. The van der Waals surface area contributed by atoms with Gasteiger partial charge in [-0.1, -0.05) is 166 Å². The molecule has 0 saturated carbocycles. The number of nitrogens with zero attached hydrogens (tertiary/aromatic N) is 1. The van der Waals surface area contributed by atoms with Gasteiger partial charge in [-0.05, 0) is 80.9 Å². The lowest BCUT2D eigenvalue weighted by molar-refractivity contribution is 0.660. The first kappa shape index (κ1) is 31.1. The highest BCUT2D eigenvalue weighted by Gasteiger charge is 2.36. The number of fused-ring (bicyclic) bond motifs is 6. The van der Waals surface area contributed by atoms with Gasteiger partial charge >= 0.3 is 0 Å². The molecule has 0 bridgehead atoms. The van der Waals surface area contributed by atoms with Crippen molar-refractivity contribution in [2.75, 3.05) is 4.90 Å². The van der Waals surface area contributed by atoms with Crippen molar-refractivity contribution in [1.29, 1.82) is 0 Å². The van der Waals surface area contributed by atoms with Crippen LogP contribution in [0.4, 0.5) is 17.1 Å². The molecule has 0 spiro atoms. The molecule has 1 aliphatic rings. The van der Waals surface area contributed by atoms with Gasteiger partial charge in [-0.25, -0.2) is 0 Å². The summed E-state index contributed by atoms with van der Waals surface area (Å²) in [6.07, 6.45) is 0. The lowest BCUT2D eigenvalue weighted by Gasteiger charge is -2.31. The minimum atomic E-state index is -0.138. The number of furan rings is 1. The minimum absolute atomic E-state index is 0.138. The van der Waals surface area contributed by atoms with E-state index in [4.69, 9.17) is 4.42 Å². The molecule has 1 aromatic heterocycles. The molecule has 9 aromatic rings. The molecule has 1 heterocycles. The number of anilines is 3. The topological polar surface area (TPSA) is 16.4 Å². The number of hydrogen-bond donors (Lipinski definition) is 0. The molecule has 0 N–H and O–H groups in total. The molecule has 0 radical (unpaired) electrons. The summed E-state index contributed by atoms with van der Waals surface area (Å²) in [7, 11) is 0. The van der Waals surface area contributed by atoms with Crippen LogP contribution >= 0.6 is 0 Å². The third kappa shape index (κ3) is 5.02. The van der Waals surface area contributed by atoms with E-state index in [9.17, 15) is 0 Å². The molecule has 0 atom stereocenters. The highest BCUT2D eigenvalue weighted by Crippen LogP contribution is 2.52. The van der Waals surface area contributed by atoms with E-state index >= 15 is 0 Å². The maximum absolute atomic E-state index is 6.65. The monoisotopic (exact) mass is 679 g/mol. The van der Waals surface area contributed by atoms with Crippen molar-refractivity contribution in [2.45, 2.75) is 19.3 Å². The Bertz CT molecular complexity index is 2810. The van der Waals surface area contributed by atoms with Gasteiger partial charge in [-0.2, -0.15) is 0 Å². The zero-order valence-electron chi connectivity index (χ0n) is 29.8. The fourth-order valence-corrected chi connectivity index (χ4v) is 8.53. The standard InChI is InChI=1S/C51H37NO/c1-51(2)45-27-11-9-22-39(45)40-31-30-38(33-46(40)51)52(37-21-13-20-36(32-37)34-16-5-3-6-17-34)47-28-15-24-42(49(47)35-18-7-4-8-19-35)44-26-14-25-43-41-23-10-12-29-48(41)53-50(43)44/h3-33H,1-2H3. The molecule has 252 valence electrons. The van der Waals surface area contributed by atoms with E-state index in [1.807, 2.05) is 6.07 Å². The predicted octanol–water partition coefficient (Wildman–Crippen LogP) is 14.4. The van der Waals surface area contributed by atoms with Crippen LogP contribution in [0.2, 0.25) is 0 Å². The molecule has 8 aromatic carbocycles. The first-order chi connectivity index (χ1) is 26.1. The Morgan fingerprint density at radius 3 is 1.87 bits per heavy atom. The van der Waals surface area contributed by atoms with E-state index in [0.29, 0.717) is 0 Å². The van der Waals surface area contributed by atoms with E-state index in [1.54, 1.807) is 0 Å². The van der Waals surface area contributed by atoms with Crippen LogP contribution in [-0.4, -0.2) is 0 Å². The summed E-state index contributed by atoms with van der Waals surface area (Å²) in [5.41, 5.74) is 17.1. The van der Waals surface area contributed by atoms with Crippen molar-refractivity contribution in [1.82, 2.24) is 0 Å². The summed E-state index contributed by atoms with van der Waals surface area (Å²) >= 11 is 0. The molecule has 0 unspecified atom stereocenters. The van der Waals surface area contributed by atoms with Crippen molar-refractivity contribution < 1.29 is 4.42 Å². The largest absolute Gasteiger partial charge is 0.455 e. The van der Waals surface area contributed by atoms with Crippen LogP contribution in [0.1, 0.15) is 25.0 Å². The van der Waals surface area contributed by atoms with Gasteiger partial charge in [-0.3, -0.25) is 0 Å². The average Bonchev–Trinajstić information content (AvgIpc) is 3.71. The van der Waals surface area contributed by atoms with Crippen LogP contribution in [0.3, 0.4) is 0 Å². The Balaban J connectivity index is 1.26. The van der Waals surface area contributed by atoms with Crippen LogP contribution in [0.5, 0.6) is 0 Å². The quantitative estimate of drug-likeness (QED) is 0.174. The van der Waals surface area contributed by atoms with Crippen LogP contribution in [-0.2, 0) is 5.41 Å². The fourth-order valence-electron chi connectivity index (χ4n) is 8.53. The summed E-state index contributed by atoms with van der Waals surface area (Å²) in [6, 6.07) is 67.9. The number of para-hydroxylation sites is 2. The molecule has 0 saturated heterocycles. The van der Waals surface area contributed by atoms with E-state index in [-0.39, 0.29) is 5.41 Å². The van der Waals surface area contributed by atoms with Crippen molar-refractivity contribution in [2.24, 2.45) is 0 Å². The summed E-state index contributed by atoms with van der Waals surface area (Å²) in [6.45, 7) is 4.71. The Hall–Kier alpha value is -6.64. The van der Waals surface area contributed by atoms with Crippen molar-refractivity contribution in [3.63, 3.8) is 0 Å². The zero-order chi connectivity index (χ0) is 35.5. The Labute approximate surface area is 310 Å². The van der Waals surface area contributed by atoms with Gasteiger partial charge < -0.3 is 9.32 Å². The van der Waals surface area contributed by atoms with E-state index in [1.165, 1.54) is 33.4 Å². The Morgan fingerprint density at radius 2 is 1.02 bits per heavy atom. The Morgan fingerprint density at radius 1 is 0.415 bits per heavy atom. The van der Waals surface area contributed by atoms with E-state index < -0.39 is 0 Å². The van der Waals surface area contributed by atoms with Crippen molar-refractivity contribution >= 4 is 39.0 Å². The van der Waals surface area contributed by atoms with Crippen LogP contribution in [0.15, 0.2) is 192 Å². The van der Waals surface area contributed by atoms with Gasteiger partial charge in [0.25, 0.3) is 0 Å². The fraction of sp³-hybridized carbons (Fsp3) is 0.0588. The molecular formula is C51H37NO. The molecular weight excluding hydrogens is 643 g/mol. The first-order valence-corrected chi connectivity index (χ1v) is 18.4. The number of hydrogen-bond acceptors (Lipinski definition) is 2. The van der Waals surface area contributed by atoms with Crippen LogP contribution < -0.4 is 4.90 Å². The van der Waals surface area contributed by atoms with Crippen LogP contribution in [0.25, 0.3) is 66.4 Å². The number of benzene rings is 8. The molecule has 53 heavy (non-hydrogen) atoms. The molecule has 2 nitrogen and oxygen atoms in total. The number of rotatable bonds is 6. The predicted molar refractivity (Wildman–Crippen MR) is 222 cm³/mol. The average molecular weight is 680 g/mol. The molecule has 1 aliphatic carbocycles. The molecule has 0 amide bonds. The Kier molecular flexibility index (Phi) is 7.19. The second kappa shape index (κ2) is 12.3. The maximum atomic E-state index is 6.65. The van der Waals surface area contributed by atoms with E-state index in [0.717, 1.165) is 61.3 Å².